The molecule has 4 rings (SSSR count). The smallest absolute Gasteiger partial charge is 0.339 e. The van der Waals surface area contributed by atoms with Crippen molar-refractivity contribution in [1.82, 2.24) is 10.3 Å². The Morgan fingerprint density at radius 2 is 1.84 bits per heavy atom. The van der Waals surface area contributed by atoms with Crippen molar-refractivity contribution >= 4 is 40.5 Å². The molecule has 8 nitrogen and oxygen atoms in total. The van der Waals surface area contributed by atoms with Gasteiger partial charge in [0.1, 0.15) is 5.75 Å². The minimum atomic E-state index is -1.00. The van der Waals surface area contributed by atoms with Crippen LogP contribution in [0.25, 0.3) is 22.6 Å². The van der Waals surface area contributed by atoms with Crippen LogP contribution in [-0.2, 0) is 16.0 Å². The molecule has 0 spiro atoms. The zero-order chi connectivity index (χ0) is 22.7. The Balaban J connectivity index is 1.71. The molecule has 0 radical (unpaired) electrons. The Morgan fingerprint density at radius 1 is 1.09 bits per heavy atom. The number of hydrogen-bond donors (Lipinski definition) is 2. The van der Waals surface area contributed by atoms with E-state index < -0.39 is 24.5 Å². The lowest BCUT2D eigenvalue weighted by molar-refractivity contribution is -0.123. The quantitative estimate of drug-likeness (QED) is 0.599. The van der Waals surface area contributed by atoms with E-state index in [1.54, 1.807) is 13.2 Å². The maximum Gasteiger partial charge on any atom is 0.339 e. The summed E-state index contributed by atoms with van der Waals surface area (Å²) in [4.78, 5) is 40.2. The molecule has 0 saturated carbocycles. The minimum absolute atomic E-state index is 0.385. The van der Waals surface area contributed by atoms with E-state index in [-0.39, 0.29) is 0 Å². The molecular formula is C24H21N3O5. The van der Waals surface area contributed by atoms with E-state index in [1.807, 2.05) is 53.9 Å². The molecule has 0 unspecified atom stereocenters. The molecule has 3 aromatic rings. The molecule has 1 aliphatic rings. The Hall–Kier alpha value is -4.20. The van der Waals surface area contributed by atoms with Gasteiger partial charge in [-0.05, 0) is 53.8 Å². The molecule has 1 aliphatic carbocycles. The van der Waals surface area contributed by atoms with Gasteiger partial charge in [-0.1, -0.05) is 30.3 Å². The van der Waals surface area contributed by atoms with Gasteiger partial charge in [0, 0.05) is 5.39 Å². The minimum Gasteiger partial charge on any atom is -0.497 e. The third-order valence-corrected chi connectivity index (χ3v) is 5.20. The number of aromatic nitrogens is 1. The summed E-state index contributed by atoms with van der Waals surface area (Å²) in [6, 6.07) is 14.0. The molecule has 2 aromatic carbocycles. The fourth-order valence-electron chi connectivity index (χ4n) is 3.79. The zero-order valence-corrected chi connectivity index (χ0v) is 17.4. The highest BCUT2D eigenvalue weighted by Crippen LogP contribution is 2.37. The second-order valence-electron chi connectivity index (χ2n) is 7.26. The summed E-state index contributed by atoms with van der Waals surface area (Å²) in [5.41, 5.74) is 9.49. The van der Waals surface area contributed by atoms with Gasteiger partial charge < -0.3 is 15.2 Å². The third kappa shape index (κ3) is 4.29. The topological polar surface area (TPSA) is 121 Å². The maximum atomic E-state index is 13.0. The number of fused-ring (bicyclic) bond motifs is 2. The Bertz CT molecular complexity index is 1250. The van der Waals surface area contributed by atoms with Crippen LogP contribution in [0, 0.1) is 0 Å². The van der Waals surface area contributed by atoms with E-state index >= 15 is 0 Å². The predicted molar refractivity (Wildman–Crippen MR) is 119 cm³/mol. The highest BCUT2D eigenvalue weighted by Gasteiger charge is 2.28. The number of benzene rings is 2. The normalized spacial score (nSPS) is 13.6. The van der Waals surface area contributed by atoms with Gasteiger partial charge in [-0.25, -0.2) is 14.6 Å². The standard InChI is InChI=1S/C24H21N3O5/c1-31-16-9-6-14(7-10-16)12-15-8-11-18-21(23(29)32-13-20(28)27-24(25)30)17-4-2-3-5-19(17)26-22(15)18/h2-7,9-10,12H,8,11,13H2,1H3,(H3,25,27,28,30)/b15-12+. The number of para-hydroxylation sites is 1. The summed E-state index contributed by atoms with van der Waals surface area (Å²) in [6.45, 7) is -0.609. The molecule has 0 bridgehead atoms. The van der Waals surface area contributed by atoms with Crippen molar-refractivity contribution in [3.63, 3.8) is 0 Å². The number of nitrogens with zero attached hydrogens (tertiary/aromatic N) is 1. The van der Waals surface area contributed by atoms with Crippen LogP contribution in [0.15, 0.2) is 48.5 Å². The molecule has 8 heteroatoms. The fraction of sp³-hybridized carbons (Fsp3) is 0.167. The van der Waals surface area contributed by atoms with Crippen LogP contribution in [0.5, 0.6) is 5.75 Å². The van der Waals surface area contributed by atoms with Crippen LogP contribution < -0.4 is 15.8 Å². The number of carbonyl (C=O) groups is 3. The van der Waals surface area contributed by atoms with E-state index in [0.29, 0.717) is 29.3 Å². The summed E-state index contributed by atoms with van der Waals surface area (Å²) in [5.74, 6) is -0.667. The third-order valence-electron chi connectivity index (χ3n) is 5.20. The summed E-state index contributed by atoms with van der Waals surface area (Å²) >= 11 is 0. The Labute approximate surface area is 184 Å². The highest BCUT2D eigenvalue weighted by atomic mass is 16.5. The molecule has 0 atom stereocenters. The average Bonchev–Trinajstić information content (AvgIpc) is 3.18. The first-order chi connectivity index (χ1) is 15.5. The summed E-state index contributed by atoms with van der Waals surface area (Å²) in [7, 11) is 1.62. The predicted octanol–water partition coefficient (Wildman–Crippen LogP) is 3.08. The van der Waals surface area contributed by atoms with Crippen molar-refractivity contribution in [2.45, 2.75) is 12.8 Å². The number of amides is 3. The highest BCUT2D eigenvalue weighted by molar-refractivity contribution is 6.08. The number of hydrogen-bond acceptors (Lipinski definition) is 6. The van der Waals surface area contributed by atoms with Crippen molar-refractivity contribution in [3.8, 4) is 5.75 Å². The molecule has 0 fully saturated rings. The number of pyridine rings is 1. The summed E-state index contributed by atoms with van der Waals surface area (Å²) < 4.78 is 10.4. The SMILES string of the molecule is COc1ccc(/C=C2\CCc3c2nc2ccccc2c3C(=O)OCC(=O)NC(N)=O)cc1. The van der Waals surface area contributed by atoms with E-state index in [2.05, 4.69) is 0 Å². The monoisotopic (exact) mass is 431 g/mol. The van der Waals surface area contributed by atoms with Gasteiger partial charge in [0.25, 0.3) is 5.91 Å². The van der Waals surface area contributed by atoms with Gasteiger partial charge in [-0.3, -0.25) is 10.1 Å². The zero-order valence-electron chi connectivity index (χ0n) is 17.4. The number of primary amides is 1. The lowest BCUT2D eigenvalue weighted by Gasteiger charge is -2.12. The molecule has 32 heavy (non-hydrogen) atoms. The molecule has 3 N–H and O–H groups in total. The molecule has 0 saturated heterocycles. The molecular weight excluding hydrogens is 410 g/mol. The molecule has 0 aliphatic heterocycles. The van der Waals surface area contributed by atoms with E-state index in [1.165, 1.54) is 0 Å². The number of nitrogens with one attached hydrogen (secondary N) is 1. The van der Waals surface area contributed by atoms with Crippen LogP contribution in [0.2, 0.25) is 0 Å². The van der Waals surface area contributed by atoms with Crippen LogP contribution in [0.4, 0.5) is 4.79 Å². The number of urea groups is 1. The van der Waals surface area contributed by atoms with Gasteiger partial charge in [0.2, 0.25) is 0 Å². The van der Waals surface area contributed by atoms with Crippen LogP contribution >= 0.6 is 0 Å². The van der Waals surface area contributed by atoms with Crippen molar-refractivity contribution in [2.75, 3.05) is 13.7 Å². The molecule has 1 heterocycles. The van der Waals surface area contributed by atoms with Crippen LogP contribution in [-0.4, -0.2) is 36.6 Å². The van der Waals surface area contributed by atoms with E-state index in [0.717, 1.165) is 28.1 Å². The first-order valence-electron chi connectivity index (χ1n) is 9.99. The summed E-state index contributed by atoms with van der Waals surface area (Å²) in [6.07, 6.45) is 3.38. The average molecular weight is 431 g/mol. The van der Waals surface area contributed by atoms with Gasteiger partial charge >= 0.3 is 12.0 Å². The van der Waals surface area contributed by atoms with E-state index in [9.17, 15) is 14.4 Å². The van der Waals surface area contributed by atoms with Crippen molar-refractivity contribution < 1.29 is 23.9 Å². The number of esters is 1. The van der Waals surface area contributed by atoms with Crippen LogP contribution in [0.3, 0.4) is 0 Å². The first-order valence-corrected chi connectivity index (χ1v) is 9.99. The maximum absolute atomic E-state index is 13.0. The first kappa shape index (κ1) is 21.0. The van der Waals surface area contributed by atoms with Crippen molar-refractivity contribution in [1.29, 1.82) is 0 Å². The number of carbonyl (C=O) groups excluding carboxylic acids is 3. The van der Waals surface area contributed by atoms with E-state index in [4.69, 9.17) is 20.2 Å². The number of nitrogens with two attached hydrogens (primary N) is 1. The van der Waals surface area contributed by atoms with Crippen molar-refractivity contribution in [3.05, 3.63) is 70.9 Å². The second kappa shape index (κ2) is 8.89. The molecule has 1 aromatic heterocycles. The van der Waals surface area contributed by atoms with Gasteiger partial charge in [0.05, 0.1) is 23.9 Å². The van der Waals surface area contributed by atoms with Gasteiger partial charge in [0.15, 0.2) is 6.61 Å². The Kier molecular flexibility index (Phi) is 5.85. The Morgan fingerprint density at radius 3 is 2.56 bits per heavy atom. The number of methoxy groups -OCH3 is 1. The second-order valence-corrected chi connectivity index (χ2v) is 7.26. The number of rotatable bonds is 5. The summed E-state index contributed by atoms with van der Waals surface area (Å²) in [5, 5.41) is 2.52. The number of allylic oxidation sites excluding steroid dienone is 1. The molecule has 3 amide bonds. The number of ether oxygens (including phenoxy) is 2. The fourth-order valence-corrected chi connectivity index (χ4v) is 3.79. The van der Waals surface area contributed by atoms with Crippen LogP contribution in [0.1, 0.15) is 33.6 Å². The largest absolute Gasteiger partial charge is 0.497 e. The number of imide groups is 1. The molecule has 162 valence electrons. The lowest BCUT2D eigenvalue weighted by Crippen LogP contribution is -2.37. The van der Waals surface area contributed by atoms with Crippen molar-refractivity contribution in [2.24, 2.45) is 5.73 Å². The lowest BCUT2D eigenvalue weighted by atomic mass is 10.0. The van der Waals surface area contributed by atoms with Gasteiger partial charge in [-0.15, -0.1) is 0 Å². The van der Waals surface area contributed by atoms with Gasteiger partial charge in [-0.2, -0.15) is 0 Å².